The summed E-state index contributed by atoms with van der Waals surface area (Å²) in [7, 11) is 0. The summed E-state index contributed by atoms with van der Waals surface area (Å²) in [5.41, 5.74) is -0.0655. The Morgan fingerprint density at radius 1 is 1.24 bits per heavy atom. The molecular weight excluding hydrogens is 285 g/mol. The molecule has 0 bridgehead atoms. The van der Waals surface area contributed by atoms with E-state index in [2.05, 4.69) is 4.98 Å². The van der Waals surface area contributed by atoms with Crippen LogP contribution in [-0.2, 0) is 24.1 Å². The number of ether oxygens (including phenoxy) is 1. The topological polar surface area (TPSA) is 47.3 Å². The van der Waals surface area contributed by atoms with Crippen molar-refractivity contribution in [3.63, 3.8) is 0 Å². The fourth-order valence-electron chi connectivity index (χ4n) is 1.79. The lowest BCUT2D eigenvalue weighted by molar-refractivity contribution is -0.137. The van der Waals surface area contributed by atoms with Gasteiger partial charge in [0.1, 0.15) is 0 Å². The zero-order valence-electron chi connectivity index (χ0n) is 11.1. The molecule has 0 saturated heterocycles. The highest BCUT2D eigenvalue weighted by molar-refractivity contribution is 5.24. The van der Waals surface area contributed by atoms with E-state index in [4.69, 9.17) is 4.74 Å². The standard InChI is InChI=1S/C14H15F3N2O2/c15-14(16,17)12-3-1-11(2-4-12)8-21-9-13(20)7-19-6-5-18-10-19/h1-6,10,13,20H,7-9H2. The third-order valence-corrected chi connectivity index (χ3v) is 2.84. The number of halogens is 3. The van der Waals surface area contributed by atoms with Crippen LogP contribution < -0.4 is 0 Å². The maximum atomic E-state index is 12.4. The Morgan fingerprint density at radius 3 is 2.52 bits per heavy atom. The second-order valence-corrected chi connectivity index (χ2v) is 4.62. The first-order valence-electron chi connectivity index (χ1n) is 6.33. The molecule has 4 nitrogen and oxygen atoms in total. The molecule has 0 radical (unpaired) electrons. The van der Waals surface area contributed by atoms with Gasteiger partial charge in [-0.25, -0.2) is 4.98 Å². The van der Waals surface area contributed by atoms with Crippen molar-refractivity contribution in [2.24, 2.45) is 0 Å². The summed E-state index contributed by atoms with van der Waals surface area (Å²) >= 11 is 0. The van der Waals surface area contributed by atoms with Crippen LogP contribution in [0.2, 0.25) is 0 Å². The molecule has 1 heterocycles. The van der Waals surface area contributed by atoms with Crippen LogP contribution in [0.3, 0.4) is 0 Å². The molecule has 1 atom stereocenters. The molecule has 0 aliphatic heterocycles. The second-order valence-electron chi connectivity index (χ2n) is 4.62. The Balaban J connectivity index is 1.75. The molecule has 0 fully saturated rings. The van der Waals surface area contributed by atoms with Crippen LogP contribution in [0.25, 0.3) is 0 Å². The molecule has 0 amide bonds. The molecule has 0 saturated carbocycles. The van der Waals surface area contributed by atoms with E-state index in [1.165, 1.54) is 12.1 Å². The van der Waals surface area contributed by atoms with Crippen molar-refractivity contribution in [3.8, 4) is 0 Å². The van der Waals surface area contributed by atoms with E-state index >= 15 is 0 Å². The van der Waals surface area contributed by atoms with Crippen molar-refractivity contribution in [2.45, 2.75) is 25.4 Å². The Kier molecular flexibility index (Phi) is 4.98. The third kappa shape index (κ3) is 4.87. The SMILES string of the molecule is OC(COCc1ccc(C(F)(F)F)cc1)Cn1ccnc1. The van der Waals surface area contributed by atoms with Gasteiger partial charge in [0.2, 0.25) is 0 Å². The van der Waals surface area contributed by atoms with Gasteiger partial charge < -0.3 is 14.4 Å². The summed E-state index contributed by atoms with van der Waals surface area (Å²) in [6.07, 6.45) is -0.123. The van der Waals surface area contributed by atoms with Crippen LogP contribution in [0.4, 0.5) is 13.2 Å². The summed E-state index contributed by atoms with van der Waals surface area (Å²) in [4.78, 5) is 3.85. The van der Waals surface area contributed by atoms with Crippen LogP contribution in [0.5, 0.6) is 0 Å². The van der Waals surface area contributed by atoms with Crippen molar-refractivity contribution < 1.29 is 23.0 Å². The summed E-state index contributed by atoms with van der Waals surface area (Å²) in [5.74, 6) is 0. The Morgan fingerprint density at radius 2 is 1.95 bits per heavy atom. The van der Waals surface area contributed by atoms with Crippen molar-refractivity contribution in [1.29, 1.82) is 0 Å². The van der Waals surface area contributed by atoms with Gasteiger partial charge in [0.25, 0.3) is 0 Å². The molecule has 21 heavy (non-hydrogen) atoms. The largest absolute Gasteiger partial charge is 0.416 e. The number of alkyl halides is 3. The van der Waals surface area contributed by atoms with Gasteiger partial charge in [-0.2, -0.15) is 13.2 Å². The molecule has 1 aromatic carbocycles. The van der Waals surface area contributed by atoms with E-state index in [9.17, 15) is 18.3 Å². The lowest BCUT2D eigenvalue weighted by Crippen LogP contribution is -2.21. The monoisotopic (exact) mass is 300 g/mol. The predicted octanol–water partition coefficient (Wildman–Crippen LogP) is 2.48. The summed E-state index contributed by atoms with van der Waals surface area (Å²) in [6, 6.07) is 4.76. The van der Waals surface area contributed by atoms with Crippen molar-refractivity contribution in [3.05, 3.63) is 54.1 Å². The van der Waals surface area contributed by atoms with E-state index < -0.39 is 17.8 Å². The number of imidazole rings is 1. The molecule has 0 aliphatic rings. The van der Waals surface area contributed by atoms with Crippen molar-refractivity contribution in [2.75, 3.05) is 6.61 Å². The van der Waals surface area contributed by atoms with E-state index in [0.29, 0.717) is 12.1 Å². The maximum Gasteiger partial charge on any atom is 0.416 e. The Labute approximate surface area is 119 Å². The molecule has 1 unspecified atom stereocenters. The lowest BCUT2D eigenvalue weighted by Gasteiger charge is -2.12. The quantitative estimate of drug-likeness (QED) is 0.891. The fourth-order valence-corrected chi connectivity index (χ4v) is 1.79. The van der Waals surface area contributed by atoms with Crippen LogP contribution in [0.1, 0.15) is 11.1 Å². The van der Waals surface area contributed by atoms with Gasteiger partial charge in [-0.15, -0.1) is 0 Å². The van der Waals surface area contributed by atoms with Crippen LogP contribution in [0, 0.1) is 0 Å². The average Bonchev–Trinajstić information content (AvgIpc) is 2.91. The van der Waals surface area contributed by atoms with Gasteiger partial charge in [0.15, 0.2) is 0 Å². The zero-order valence-corrected chi connectivity index (χ0v) is 11.1. The molecule has 7 heteroatoms. The van der Waals surface area contributed by atoms with Gasteiger partial charge in [-0.1, -0.05) is 12.1 Å². The number of aromatic nitrogens is 2. The summed E-state index contributed by atoms with van der Waals surface area (Å²) in [5, 5.41) is 9.73. The molecule has 0 aliphatic carbocycles. The van der Waals surface area contributed by atoms with Gasteiger partial charge in [-0.05, 0) is 17.7 Å². The van der Waals surface area contributed by atoms with E-state index in [0.717, 1.165) is 12.1 Å². The highest BCUT2D eigenvalue weighted by Gasteiger charge is 2.29. The van der Waals surface area contributed by atoms with Crippen LogP contribution in [-0.4, -0.2) is 27.4 Å². The highest BCUT2D eigenvalue weighted by atomic mass is 19.4. The van der Waals surface area contributed by atoms with Gasteiger partial charge in [-0.3, -0.25) is 0 Å². The smallest absolute Gasteiger partial charge is 0.389 e. The molecule has 2 rings (SSSR count). The molecular formula is C14H15F3N2O2. The Hall–Kier alpha value is -1.86. The molecule has 114 valence electrons. The third-order valence-electron chi connectivity index (χ3n) is 2.84. The molecule has 0 spiro atoms. The van der Waals surface area contributed by atoms with E-state index in [1.807, 2.05) is 0 Å². The number of aliphatic hydroxyl groups is 1. The summed E-state index contributed by atoms with van der Waals surface area (Å²) in [6.45, 7) is 0.603. The molecule has 1 N–H and O–H groups in total. The second kappa shape index (κ2) is 6.73. The number of hydrogen-bond acceptors (Lipinski definition) is 3. The highest BCUT2D eigenvalue weighted by Crippen LogP contribution is 2.29. The van der Waals surface area contributed by atoms with Gasteiger partial charge in [0.05, 0.1) is 37.8 Å². The average molecular weight is 300 g/mol. The minimum absolute atomic E-state index is 0.0964. The number of aliphatic hydroxyl groups excluding tert-OH is 1. The number of nitrogens with zero attached hydrogens (tertiary/aromatic N) is 2. The maximum absolute atomic E-state index is 12.4. The minimum Gasteiger partial charge on any atom is -0.389 e. The first-order chi connectivity index (χ1) is 9.95. The van der Waals surface area contributed by atoms with E-state index in [-0.39, 0.29) is 13.2 Å². The number of hydrogen-bond donors (Lipinski definition) is 1. The first-order valence-corrected chi connectivity index (χ1v) is 6.33. The van der Waals surface area contributed by atoms with Crippen molar-refractivity contribution in [1.82, 2.24) is 9.55 Å². The molecule has 1 aromatic heterocycles. The summed E-state index contributed by atoms with van der Waals surface area (Å²) < 4.78 is 44.2. The Bertz CT molecular complexity index is 538. The van der Waals surface area contributed by atoms with Gasteiger partial charge in [0, 0.05) is 12.4 Å². The van der Waals surface area contributed by atoms with Crippen LogP contribution >= 0.6 is 0 Å². The predicted molar refractivity (Wildman–Crippen MR) is 69.3 cm³/mol. The minimum atomic E-state index is -4.33. The number of rotatable bonds is 6. The molecule has 2 aromatic rings. The zero-order chi connectivity index (χ0) is 15.3. The van der Waals surface area contributed by atoms with Crippen molar-refractivity contribution >= 4 is 0 Å². The normalized spacial score (nSPS) is 13.3. The van der Waals surface area contributed by atoms with Gasteiger partial charge >= 0.3 is 6.18 Å². The van der Waals surface area contributed by atoms with Crippen LogP contribution in [0.15, 0.2) is 43.0 Å². The fraction of sp³-hybridized carbons (Fsp3) is 0.357. The first kappa shape index (κ1) is 15.5. The van der Waals surface area contributed by atoms with E-state index in [1.54, 1.807) is 23.3 Å². The number of benzene rings is 1. The lowest BCUT2D eigenvalue weighted by atomic mass is 10.1.